The summed E-state index contributed by atoms with van der Waals surface area (Å²) in [6, 6.07) is 13.6. The first-order valence-electron chi connectivity index (χ1n) is 4.76. The first-order valence-corrected chi connectivity index (χ1v) is 4.76. The lowest BCUT2D eigenvalue weighted by molar-refractivity contribution is -0.129. The third kappa shape index (κ3) is 1.94. The Kier molecular flexibility index (Phi) is 2.59. The fourth-order valence-electron chi connectivity index (χ4n) is 1.68. The average Bonchev–Trinajstić information content (AvgIpc) is 2.29. The van der Waals surface area contributed by atoms with Crippen LogP contribution in [-0.2, 0) is 16.0 Å². The summed E-state index contributed by atoms with van der Waals surface area (Å²) in [5, 5.41) is 2.13. The van der Waals surface area contributed by atoms with Crippen LogP contribution in [0.25, 0.3) is 10.8 Å². The third-order valence-corrected chi connectivity index (χ3v) is 2.38. The number of aldehydes is 1. The third-order valence-electron chi connectivity index (χ3n) is 2.38. The molecule has 2 rings (SSSR count). The molecule has 0 heterocycles. The Morgan fingerprint density at radius 1 is 1.07 bits per heavy atom. The van der Waals surface area contributed by atoms with Gasteiger partial charge < -0.3 is 0 Å². The minimum absolute atomic E-state index is 0.185. The van der Waals surface area contributed by atoms with Gasteiger partial charge in [0.05, 0.1) is 0 Å². The van der Waals surface area contributed by atoms with Crippen molar-refractivity contribution in [1.82, 2.24) is 0 Å². The molecule has 0 unspecified atom stereocenters. The van der Waals surface area contributed by atoms with Crippen molar-refractivity contribution in [1.29, 1.82) is 0 Å². The molecule has 2 nitrogen and oxygen atoms in total. The number of hydrogen-bond acceptors (Lipinski definition) is 2. The van der Waals surface area contributed by atoms with Gasteiger partial charge >= 0.3 is 0 Å². The summed E-state index contributed by atoms with van der Waals surface area (Å²) in [6.45, 7) is 0. The highest BCUT2D eigenvalue weighted by Gasteiger charge is 2.04. The predicted octanol–water partition coefficient (Wildman–Crippen LogP) is 2.15. The second-order valence-corrected chi connectivity index (χ2v) is 3.40. The number of benzene rings is 2. The average molecular weight is 198 g/mol. The Hall–Kier alpha value is -1.96. The fourth-order valence-corrected chi connectivity index (χ4v) is 1.68. The highest BCUT2D eigenvalue weighted by molar-refractivity contribution is 6.26. The van der Waals surface area contributed by atoms with Gasteiger partial charge in [0.15, 0.2) is 12.1 Å². The van der Waals surface area contributed by atoms with E-state index in [9.17, 15) is 9.59 Å². The maximum Gasteiger partial charge on any atom is 0.199 e. The molecule has 0 N–H and O–H groups in total. The highest BCUT2D eigenvalue weighted by Crippen LogP contribution is 2.18. The van der Waals surface area contributed by atoms with Crippen LogP contribution in [-0.4, -0.2) is 12.1 Å². The van der Waals surface area contributed by atoms with Crippen LogP contribution in [0.1, 0.15) is 5.56 Å². The molecular weight excluding hydrogens is 188 g/mol. The molecule has 2 heteroatoms. The van der Waals surface area contributed by atoms with Crippen LogP contribution in [0, 0.1) is 0 Å². The van der Waals surface area contributed by atoms with Crippen molar-refractivity contribution < 1.29 is 9.59 Å². The van der Waals surface area contributed by atoms with E-state index in [1.165, 1.54) is 0 Å². The monoisotopic (exact) mass is 198 g/mol. The van der Waals surface area contributed by atoms with Gasteiger partial charge in [0.1, 0.15) is 0 Å². The van der Waals surface area contributed by atoms with E-state index in [0.29, 0.717) is 6.29 Å². The van der Waals surface area contributed by atoms with Gasteiger partial charge in [-0.3, -0.25) is 9.59 Å². The quantitative estimate of drug-likeness (QED) is 0.559. The molecule has 0 saturated carbocycles. The van der Waals surface area contributed by atoms with Crippen molar-refractivity contribution in [3.05, 3.63) is 48.0 Å². The fraction of sp³-hybridized carbons (Fsp3) is 0.0769. The standard InChI is InChI=1S/C13H10O2/c14-9-12(15)8-11-6-3-5-10-4-1-2-7-13(10)11/h1-7,9H,8H2. The van der Waals surface area contributed by atoms with E-state index >= 15 is 0 Å². The molecule has 0 atom stereocenters. The summed E-state index contributed by atoms with van der Waals surface area (Å²) in [5.41, 5.74) is 0.908. The van der Waals surface area contributed by atoms with Crippen LogP contribution < -0.4 is 0 Å². The van der Waals surface area contributed by atoms with Gasteiger partial charge in [-0.1, -0.05) is 42.5 Å². The summed E-state index contributed by atoms with van der Waals surface area (Å²) in [4.78, 5) is 21.4. The Balaban J connectivity index is 2.51. The van der Waals surface area contributed by atoms with E-state index < -0.39 is 0 Å². The van der Waals surface area contributed by atoms with E-state index in [1.54, 1.807) is 0 Å². The molecule has 0 saturated heterocycles. The van der Waals surface area contributed by atoms with E-state index in [0.717, 1.165) is 16.3 Å². The van der Waals surface area contributed by atoms with Crippen molar-refractivity contribution in [2.45, 2.75) is 6.42 Å². The molecule has 0 radical (unpaired) electrons. The molecule has 0 aromatic heterocycles. The van der Waals surface area contributed by atoms with Gasteiger partial charge in [-0.05, 0) is 16.3 Å². The number of fused-ring (bicyclic) bond motifs is 1. The lowest BCUT2D eigenvalue weighted by Crippen LogP contribution is -2.03. The molecule has 0 aliphatic rings. The van der Waals surface area contributed by atoms with E-state index in [-0.39, 0.29) is 12.2 Å². The van der Waals surface area contributed by atoms with Gasteiger partial charge in [-0.15, -0.1) is 0 Å². The first-order chi connectivity index (χ1) is 7.31. The summed E-state index contributed by atoms with van der Waals surface area (Å²) in [6.07, 6.45) is 0.562. The molecule has 74 valence electrons. The number of carbonyl (C=O) groups is 2. The van der Waals surface area contributed by atoms with Crippen molar-refractivity contribution in [2.24, 2.45) is 0 Å². The molecule has 0 fully saturated rings. The van der Waals surface area contributed by atoms with Crippen molar-refractivity contribution >= 4 is 22.8 Å². The molecule has 0 aliphatic heterocycles. The maximum atomic E-state index is 11.1. The van der Waals surface area contributed by atoms with Crippen LogP contribution in [0.3, 0.4) is 0 Å². The Bertz CT molecular complexity index is 509. The number of Topliss-reactive ketones (excluding diaryl/α,β-unsaturated/α-hetero) is 1. The number of hydrogen-bond donors (Lipinski definition) is 0. The molecule has 2 aromatic carbocycles. The molecule has 0 aliphatic carbocycles. The molecule has 15 heavy (non-hydrogen) atoms. The topological polar surface area (TPSA) is 34.1 Å². The Morgan fingerprint density at radius 3 is 2.60 bits per heavy atom. The summed E-state index contributed by atoms with van der Waals surface area (Å²) in [7, 11) is 0. The Labute approximate surface area is 87.5 Å². The zero-order valence-corrected chi connectivity index (χ0v) is 8.14. The Morgan fingerprint density at radius 2 is 1.80 bits per heavy atom. The van der Waals surface area contributed by atoms with Crippen molar-refractivity contribution in [3.8, 4) is 0 Å². The molecular formula is C13H10O2. The second-order valence-electron chi connectivity index (χ2n) is 3.40. The normalized spacial score (nSPS) is 10.1. The largest absolute Gasteiger partial charge is 0.295 e. The molecule has 0 spiro atoms. The zero-order chi connectivity index (χ0) is 10.7. The van der Waals surface area contributed by atoms with Crippen LogP contribution in [0.2, 0.25) is 0 Å². The summed E-state index contributed by atoms with van der Waals surface area (Å²) < 4.78 is 0. The van der Waals surface area contributed by atoms with E-state index in [4.69, 9.17) is 0 Å². The second kappa shape index (κ2) is 4.05. The summed E-state index contributed by atoms with van der Waals surface area (Å²) >= 11 is 0. The molecule has 0 amide bonds. The van der Waals surface area contributed by atoms with Crippen LogP contribution in [0.5, 0.6) is 0 Å². The van der Waals surface area contributed by atoms with Gasteiger partial charge in [0.25, 0.3) is 0 Å². The number of carbonyl (C=O) groups excluding carboxylic acids is 2. The number of rotatable bonds is 3. The maximum absolute atomic E-state index is 11.1. The van der Waals surface area contributed by atoms with Crippen molar-refractivity contribution in [3.63, 3.8) is 0 Å². The van der Waals surface area contributed by atoms with Crippen LogP contribution in [0.4, 0.5) is 0 Å². The zero-order valence-electron chi connectivity index (χ0n) is 8.14. The van der Waals surface area contributed by atoms with Gasteiger partial charge in [0.2, 0.25) is 0 Å². The minimum Gasteiger partial charge on any atom is -0.295 e. The SMILES string of the molecule is O=CC(=O)Cc1cccc2ccccc12. The van der Waals surface area contributed by atoms with Crippen LogP contribution in [0.15, 0.2) is 42.5 Å². The van der Waals surface area contributed by atoms with Crippen LogP contribution >= 0.6 is 0 Å². The van der Waals surface area contributed by atoms with Gasteiger partial charge in [-0.25, -0.2) is 0 Å². The number of ketones is 1. The van der Waals surface area contributed by atoms with E-state index in [1.807, 2.05) is 42.5 Å². The smallest absolute Gasteiger partial charge is 0.199 e. The minimum atomic E-state index is -0.383. The van der Waals surface area contributed by atoms with Gasteiger partial charge in [0, 0.05) is 6.42 Å². The molecule has 0 bridgehead atoms. The highest BCUT2D eigenvalue weighted by atomic mass is 16.2. The molecule has 2 aromatic rings. The van der Waals surface area contributed by atoms with Crippen molar-refractivity contribution in [2.75, 3.05) is 0 Å². The summed E-state index contributed by atoms with van der Waals surface area (Å²) in [5.74, 6) is -0.383. The first kappa shape index (κ1) is 9.59. The lowest BCUT2D eigenvalue weighted by Gasteiger charge is -2.03. The lowest BCUT2D eigenvalue weighted by atomic mass is 10.0. The van der Waals surface area contributed by atoms with Gasteiger partial charge in [-0.2, -0.15) is 0 Å². The predicted molar refractivity (Wildman–Crippen MR) is 58.7 cm³/mol. The van der Waals surface area contributed by atoms with E-state index in [2.05, 4.69) is 0 Å².